The number of carboxylic acids is 1. The molecule has 1 aromatic rings. The third-order valence-corrected chi connectivity index (χ3v) is 3.92. The van der Waals surface area contributed by atoms with E-state index in [2.05, 4.69) is 36.3 Å². The molecule has 21 heavy (non-hydrogen) atoms. The second kappa shape index (κ2) is 7.80. The summed E-state index contributed by atoms with van der Waals surface area (Å²) in [5, 5.41) is 19.9. The Morgan fingerprint density at radius 3 is 2.57 bits per heavy atom. The zero-order chi connectivity index (χ0) is 16.0. The highest BCUT2D eigenvalue weighted by Gasteiger charge is 2.24. The Labute approximate surface area is 135 Å². The molecule has 1 rings (SSSR count). The van der Waals surface area contributed by atoms with Gasteiger partial charge >= 0.3 is 5.97 Å². The minimum atomic E-state index is -0.759. The smallest absolute Gasteiger partial charge is 0.303 e. The standard InChI is InChI=1S/C14H21Cl2N3O2/c1-14(2,3)9(4-5-12(20)21)6-7-17-10-8-11(15)18-19-13(10)16/h8-9H,4-7H2,1-3H3,(H,17,18)(H,20,21). The van der Waals surface area contributed by atoms with Gasteiger partial charge < -0.3 is 10.4 Å². The molecule has 1 aromatic heterocycles. The van der Waals surface area contributed by atoms with E-state index in [0.29, 0.717) is 24.6 Å². The molecule has 5 nitrogen and oxygen atoms in total. The van der Waals surface area contributed by atoms with Crippen LogP contribution in [0.1, 0.15) is 40.0 Å². The van der Waals surface area contributed by atoms with Crippen LogP contribution in [-0.4, -0.2) is 27.8 Å². The highest BCUT2D eigenvalue weighted by molar-refractivity contribution is 6.33. The molecular weight excluding hydrogens is 313 g/mol. The molecule has 0 bridgehead atoms. The number of anilines is 1. The number of carboxylic acid groups (broad SMARTS) is 1. The van der Waals surface area contributed by atoms with E-state index in [0.717, 1.165) is 6.42 Å². The first-order chi connectivity index (χ1) is 9.70. The number of rotatable bonds is 7. The van der Waals surface area contributed by atoms with Gasteiger partial charge in [-0.1, -0.05) is 44.0 Å². The summed E-state index contributed by atoms with van der Waals surface area (Å²) in [7, 11) is 0. The maximum atomic E-state index is 10.7. The van der Waals surface area contributed by atoms with Gasteiger partial charge in [0.15, 0.2) is 10.3 Å². The number of nitrogens with zero attached hydrogens (tertiary/aromatic N) is 2. The van der Waals surface area contributed by atoms with E-state index in [1.165, 1.54) is 0 Å². The molecule has 1 atom stereocenters. The third kappa shape index (κ3) is 6.48. The van der Waals surface area contributed by atoms with Crippen LogP contribution in [0.3, 0.4) is 0 Å². The molecule has 0 saturated carbocycles. The number of hydrogen-bond donors (Lipinski definition) is 2. The molecule has 0 aromatic carbocycles. The fraction of sp³-hybridized carbons (Fsp3) is 0.643. The molecule has 2 N–H and O–H groups in total. The molecule has 0 amide bonds. The Morgan fingerprint density at radius 2 is 2.00 bits per heavy atom. The molecule has 0 aliphatic carbocycles. The number of halogens is 2. The summed E-state index contributed by atoms with van der Waals surface area (Å²) in [5.41, 5.74) is 0.692. The predicted molar refractivity (Wildman–Crippen MR) is 85.0 cm³/mol. The number of carbonyl (C=O) groups is 1. The minimum absolute atomic E-state index is 0.0507. The molecule has 0 fully saturated rings. The van der Waals surface area contributed by atoms with Gasteiger partial charge in [0, 0.05) is 19.0 Å². The van der Waals surface area contributed by atoms with Crippen molar-refractivity contribution >= 4 is 34.9 Å². The fourth-order valence-corrected chi connectivity index (χ4v) is 2.47. The van der Waals surface area contributed by atoms with Crippen LogP contribution in [0.5, 0.6) is 0 Å². The highest BCUT2D eigenvalue weighted by Crippen LogP contribution is 2.32. The van der Waals surface area contributed by atoms with Crippen molar-refractivity contribution in [2.75, 3.05) is 11.9 Å². The molecule has 0 saturated heterocycles. The summed E-state index contributed by atoms with van der Waals surface area (Å²) in [6.07, 6.45) is 1.68. The van der Waals surface area contributed by atoms with Crippen LogP contribution in [-0.2, 0) is 4.79 Å². The highest BCUT2D eigenvalue weighted by atomic mass is 35.5. The van der Waals surface area contributed by atoms with Crippen LogP contribution in [0.25, 0.3) is 0 Å². The van der Waals surface area contributed by atoms with Gasteiger partial charge in [-0.15, -0.1) is 10.2 Å². The number of hydrogen-bond acceptors (Lipinski definition) is 4. The van der Waals surface area contributed by atoms with Crippen molar-refractivity contribution in [3.8, 4) is 0 Å². The van der Waals surface area contributed by atoms with E-state index in [1.54, 1.807) is 6.07 Å². The van der Waals surface area contributed by atoms with Gasteiger partial charge in [-0.3, -0.25) is 4.79 Å². The van der Waals surface area contributed by atoms with Gasteiger partial charge in [-0.2, -0.15) is 0 Å². The zero-order valence-electron chi connectivity index (χ0n) is 12.5. The Hall–Kier alpha value is -1.07. The normalized spacial score (nSPS) is 13.0. The lowest BCUT2D eigenvalue weighted by Crippen LogP contribution is -2.24. The molecule has 0 radical (unpaired) electrons. The van der Waals surface area contributed by atoms with Crippen molar-refractivity contribution in [2.24, 2.45) is 11.3 Å². The third-order valence-electron chi connectivity index (χ3n) is 3.46. The van der Waals surface area contributed by atoms with Crippen molar-refractivity contribution in [1.82, 2.24) is 10.2 Å². The van der Waals surface area contributed by atoms with Crippen LogP contribution in [0.15, 0.2) is 6.07 Å². The van der Waals surface area contributed by atoms with Crippen LogP contribution in [0.4, 0.5) is 5.69 Å². The number of nitrogens with one attached hydrogen (secondary N) is 1. The van der Waals surface area contributed by atoms with E-state index in [9.17, 15) is 4.79 Å². The Balaban J connectivity index is 2.57. The van der Waals surface area contributed by atoms with Gasteiger partial charge in [-0.25, -0.2) is 0 Å². The monoisotopic (exact) mass is 333 g/mol. The first kappa shape index (κ1) is 18.0. The maximum absolute atomic E-state index is 10.7. The fourth-order valence-electron chi connectivity index (χ4n) is 2.17. The van der Waals surface area contributed by atoms with Crippen molar-refractivity contribution in [2.45, 2.75) is 40.0 Å². The van der Waals surface area contributed by atoms with Crippen LogP contribution in [0.2, 0.25) is 10.3 Å². The maximum Gasteiger partial charge on any atom is 0.303 e. The summed E-state index contributed by atoms with van der Waals surface area (Å²) in [6.45, 7) is 7.04. The second-order valence-corrected chi connectivity index (χ2v) is 6.83. The lowest BCUT2D eigenvalue weighted by molar-refractivity contribution is -0.137. The molecule has 0 spiro atoms. The largest absolute Gasteiger partial charge is 0.481 e. The zero-order valence-corrected chi connectivity index (χ0v) is 14.0. The molecule has 0 aliphatic heterocycles. The van der Waals surface area contributed by atoms with E-state index in [-0.39, 0.29) is 22.1 Å². The predicted octanol–water partition coefficient (Wildman–Crippen LogP) is 4.11. The van der Waals surface area contributed by atoms with Gasteiger partial charge in [0.25, 0.3) is 0 Å². The summed E-state index contributed by atoms with van der Waals surface area (Å²) in [6, 6.07) is 1.63. The molecular formula is C14H21Cl2N3O2. The number of aliphatic carboxylic acids is 1. The van der Waals surface area contributed by atoms with Crippen molar-refractivity contribution in [3.05, 3.63) is 16.4 Å². The van der Waals surface area contributed by atoms with Crippen LogP contribution in [0, 0.1) is 11.3 Å². The van der Waals surface area contributed by atoms with Crippen LogP contribution < -0.4 is 5.32 Å². The topological polar surface area (TPSA) is 75.1 Å². The molecule has 0 aliphatic rings. The first-order valence-corrected chi connectivity index (χ1v) is 7.60. The summed E-state index contributed by atoms with van der Waals surface area (Å²) < 4.78 is 0. The number of aromatic nitrogens is 2. The first-order valence-electron chi connectivity index (χ1n) is 6.84. The van der Waals surface area contributed by atoms with E-state index >= 15 is 0 Å². The summed E-state index contributed by atoms with van der Waals surface area (Å²) in [5.74, 6) is -0.462. The van der Waals surface area contributed by atoms with Gasteiger partial charge in [-0.05, 0) is 24.2 Å². The van der Waals surface area contributed by atoms with Gasteiger partial charge in [0.1, 0.15) is 0 Å². The molecule has 118 valence electrons. The lowest BCUT2D eigenvalue weighted by Gasteiger charge is -2.30. The van der Waals surface area contributed by atoms with Gasteiger partial charge in [0.05, 0.1) is 5.69 Å². The van der Waals surface area contributed by atoms with E-state index in [4.69, 9.17) is 28.3 Å². The average Bonchev–Trinajstić information content (AvgIpc) is 2.35. The summed E-state index contributed by atoms with van der Waals surface area (Å²) >= 11 is 11.7. The molecule has 1 heterocycles. The SMILES string of the molecule is CC(C)(C)C(CCNc1cc(Cl)nnc1Cl)CCC(=O)O. The molecule has 1 unspecified atom stereocenters. The van der Waals surface area contributed by atoms with Crippen LogP contribution >= 0.6 is 23.2 Å². The Kier molecular flexibility index (Phi) is 6.68. The van der Waals surface area contributed by atoms with E-state index < -0.39 is 5.97 Å². The summed E-state index contributed by atoms with van der Waals surface area (Å²) in [4.78, 5) is 10.7. The van der Waals surface area contributed by atoms with Gasteiger partial charge in [0.2, 0.25) is 0 Å². The molecule has 7 heteroatoms. The Morgan fingerprint density at radius 1 is 1.33 bits per heavy atom. The van der Waals surface area contributed by atoms with Crippen molar-refractivity contribution < 1.29 is 9.90 Å². The second-order valence-electron chi connectivity index (χ2n) is 6.08. The lowest BCUT2D eigenvalue weighted by atomic mass is 9.76. The quantitative estimate of drug-likeness (QED) is 0.785. The average molecular weight is 334 g/mol. The Bertz CT molecular complexity index is 490. The van der Waals surface area contributed by atoms with Crippen molar-refractivity contribution in [1.29, 1.82) is 0 Å². The van der Waals surface area contributed by atoms with E-state index in [1.807, 2.05) is 0 Å². The minimum Gasteiger partial charge on any atom is -0.481 e. The van der Waals surface area contributed by atoms with Crippen molar-refractivity contribution in [3.63, 3.8) is 0 Å².